The van der Waals surface area contributed by atoms with Crippen LogP contribution in [0.5, 0.6) is 0 Å². The molecule has 0 fully saturated rings. The zero-order valence-electron chi connectivity index (χ0n) is 15.8. The highest BCUT2D eigenvalue weighted by molar-refractivity contribution is 5.87. The van der Waals surface area contributed by atoms with Crippen LogP contribution < -0.4 is 5.73 Å². The van der Waals surface area contributed by atoms with Crippen LogP contribution in [0.15, 0.2) is 36.5 Å². The van der Waals surface area contributed by atoms with Gasteiger partial charge < -0.3 is 15.7 Å². The SMILES string of the molecule is CC(=O)N1CCc2nc(N)c(C#N)c(-c3cnc4ccccc4c3)c2C1.O=CO. The molecule has 0 atom stereocenters. The van der Waals surface area contributed by atoms with Crippen molar-refractivity contribution in [3.05, 3.63) is 53.3 Å². The minimum absolute atomic E-state index is 0.00793. The van der Waals surface area contributed by atoms with Crippen LogP contribution in [0.1, 0.15) is 23.7 Å². The Kier molecular flexibility index (Phi) is 5.69. The van der Waals surface area contributed by atoms with Crippen molar-refractivity contribution >= 4 is 29.1 Å². The van der Waals surface area contributed by atoms with Gasteiger partial charge in [-0.25, -0.2) is 4.98 Å². The first-order valence-corrected chi connectivity index (χ1v) is 8.90. The summed E-state index contributed by atoms with van der Waals surface area (Å²) in [6.45, 7) is 2.34. The van der Waals surface area contributed by atoms with E-state index in [1.54, 1.807) is 18.0 Å². The van der Waals surface area contributed by atoms with Crippen molar-refractivity contribution in [2.75, 3.05) is 12.3 Å². The van der Waals surface area contributed by atoms with Crippen LogP contribution in [-0.2, 0) is 22.6 Å². The number of benzene rings is 1. The van der Waals surface area contributed by atoms with E-state index in [9.17, 15) is 10.1 Å². The molecule has 4 rings (SSSR count). The molecule has 3 aromatic rings. The normalized spacial score (nSPS) is 12.3. The van der Waals surface area contributed by atoms with Crippen molar-refractivity contribution in [2.45, 2.75) is 19.9 Å². The van der Waals surface area contributed by atoms with Gasteiger partial charge in [-0.3, -0.25) is 14.6 Å². The summed E-state index contributed by atoms with van der Waals surface area (Å²) in [5.74, 6) is 0.235. The molecule has 8 heteroatoms. The summed E-state index contributed by atoms with van der Waals surface area (Å²) >= 11 is 0. The van der Waals surface area contributed by atoms with Gasteiger partial charge in [0, 0.05) is 54.7 Å². The van der Waals surface area contributed by atoms with Gasteiger partial charge in [-0.15, -0.1) is 0 Å². The fourth-order valence-electron chi connectivity index (χ4n) is 3.49. The Morgan fingerprint density at radius 1 is 1.38 bits per heavy atom. The average molecular weight is 389 g/mol. The van der Waals surface area contributed by atoms with Gasteiger partial charge in [0.05, 0.1) is 11.2 Å². The molecule has 0 saturated heterocycles. The second kappa shape index (κ2) is 8.35. The highest BCUT2D eigenvalue weighted by Crippen LogP contribution is 2.35. The Bertz CT molecular complexity index is 1140. The fraction of sp³-hybridized carbons (Fsp3) is 0.190. The predicted octanol–water partition coefficient (Wildman–Crippen LogP) is 2.36. The fourth-order valence-corrected chi connectivity index (χ4v) is 3.49. The van der Waals surface area contributed by atoms with E-state index in [0.717, 1.165) is 33.3 Å². The monoisotopic (exact) mass is 389 g/mol. The molecule has 0 aliphatic carbocycles. The highest BCUT2D eigenvalue weighted by Gasteiger charge is 2.26. The number of carboxylic acid groups (broad SMARTS) is 1. The summed E-state index contributed by atoms with van der Waals surface area (Å²) in [7, 11) is 0. The number of pyridine rings is 2. The van der Waals surface area contributed by atoms with Crippen molar-refractivity contribution in [3.8, 4) is 17.2 Å². The van der Waals surface area contributed by atoms with Gasteiger partial charge >= 0.3 is 0 Å². The number of hydrogen-bond donors (Lipinski definition) is 2. The average Bonchev–Trinajstić information content (AvgIpc) is 2.72. The molecule has 0 saturated carbocycles. The molecule has 3 N–H and O–H groups in total. The molecule has 1 aliphatic rings. The number of aromatic nitrogens is 2. The number of rotatable bonds is 1. The third-order valence-electron chi connectivity index (χ3n) is 4.82. The number of para-hydroxylation sites is 1. The Morgan fingerprint density at radius 2 is 2.10 bits per heavy atom. The first-order valence-electron chi connectivity index (χ1n) is 8.90. The molecular formula is C21H19N5O3. The second-order valence-corrected chi connectivity index (χ2v) is 6.50. The summed E-state index contributed by atoms with van der Waals surface area (Å²) < 4.78 is 0. The van der Waals surface area contributed by atoms with Crippen molar-refractivity contribution in [2.24, 2.45) is 0 Å². The maximum atomic E-state index is 11.9. The van der Waals surface area contributed by atoms with Gasteiger partial charge in [-0.05, 0) is 12.1 Å². The minimum Gasteiger partial charge on any atom is -0.483 e. The number of carbonyl (C=O) groups is 2. The summed E-state index contributed by atoms with van der Waals surface area (Å²) in [4.78, 5) is 30.9. The first kappa shape index (κ1) is 19.8. The van der Waals surface area contributed by atoms with E-state index in [2.05, 4.69) is 16.0 Å². The van der Waals surface area contributed by atoms with Gasteiger partial charge in [0.2, 0.25) is 5.91 Å². The zero-order chi connectivity index (χ0) is 21.0. The number of nitrogens with two attached hydrogens (primary N) is 1. The molecule has 8 nitrogen and oxygen atoms in total. The van der Waals surface area contributed by atoms with Gasteiger partial charge in [0.1, 0.15) is 17.5 Å². The standard InChI is InChI=1S/C20H17N5O.CH2O2/c1-12(26)25-7-6-18-16(11-25)19(15(9-21)20(22)24-18)14-8-13-4-2-3-5-17(13)23-10-14;2-1-3/h2-5,8,10H,6-7,11H2,1H3,(H2,22,24);1H,(H,2,3). The summed E-state index contributed by atoms with van der Waals surface area (Å²) in [6.07, 6.45) is 2.38. The molecule has 1 amide bonds. The molecular weight excluding hydrogens is 370 g/mol. The van der Waals surface area contributed by atoms with Gasteiger partial charge in [-0.2, -0.15) is 5.26 Å². The van der Waals surface area contributed by atoms with E-state index in [1.165, 1.54) is 0 Å². The summed E-state index contributed by atoms with van der Waals surface area (Å²) in [5.41, 5.74) is 10.6. The second-order valence-electron chi connectivity index (χ2n) is 6.50. The molecule has 146 valence electrons. The van der Waals surface area contributed by atoms with Gasteiger partial charge in [0.15, 0.2) is 0 Å². The number of anilines is 1. The zero-order valence-corrected chi connectivity index (χ0v) is 15.8. The number of fused-ring (bicyclic) bond motifs is 2. The smallest absolute Gasteiger partial charge is 0.290 e. The van der Waals surface area contributed by atoms with Crippen LogP contribution in [0.4, 0.5) is 5.82 Å². The van der Waals surface area contributed by atoms with Gasteiger partial charge in [0.25, 0.3) is 6.47 Å². The Labute approximate surface area is 167 Å². The summed E-state index contributed by atoms with van der Waals surface area (Å²) in [6, 6.07) is 12.0. The lowest BCUT2D eigenvalue weighted by Crippen LogP contribution is -2.35. The molecule has 3 heterocycles. The Morgan fingerprint density at radius 3 is 2.79 bits per heavy atom. The highest BCUT2D eigenvalue weighted by atomic mass is 16.3. The molecule has 0 spiro atoms. The lowest BCUT2D eigenvalue weighted by molar-refractivity contribution is -0.129. The summed E-state index contributed by atoms with van der Waals surface area (Å²) in [5, 5.41) is 17.6. The van der Waals surface area contributed by atoms with E-state index in [-0.39, 0.29) is 18.2 Å². The predicted molar refractivity (Wildman–Crippen MR) is 108 cm³/mol. The quantitative estimate of drug-likeness (QED) is 0.610. The van der Waals surface area contributed by atoms with Crippen molar-refractivity contribution < 1.29 is 14.7 Å². The van der Waals surface area contributed by atoms with Crippen molar-refractivity contribution in [3.63, 3.8) is 0 Å². The molecule has 0 bridgehead atoms. The Balaban J connectivity index is 0.000000755. The third kappa shape index (κ3) is 3.84. The van der Waals surface area contributed by atoms with Crippen LogP contribution in [0, 0.1) is 11.3 Å². The molecule has 0 unspecified atom stereocenters. The lowest BCUT2D eigenvalue weighted by atomic mass is 9.91. The van der Waals surface area contributed by atoms with Crippen molar-refractivity contribution in [1.29, 1.82) is 5.26 Å². The number of carbonyl (C=O) groups excluding carboxylic acids is 1. The molecule has 2 aromatic heterocycles. The molecule has 1 aromatic carbocycles. The molecule has 29 heavy (non-hydrogen) atoms. The number of nitrogen functional groups attached to an aromatic ring is 1. The largest absolute Gasteiger partial charge is 0.483 e. The molecule has 1 aliphatic heterocycles. The minimum atomic E-state index is -0.250. The van der Waals surface area contributed by atoms with Crippen LogP contribution in [0.25, 0.3) is 22.0 Å². The van der Waals surface area contributed by atoms with E-state index >= 15 is 0 Å². The lowest BCUT2D eigenvalue weighted by Gasteiger charge is -2.29. The van der Waals surface area contributed by atoms with Crippen molar-refractivity contribution in [1.82, 2.24) is 14.9 Å². The van der Waals surface area contributed by atoms with E-state index in [1.807, 2.05) is 30.3 Å². The van der Waals surface area contributed by atoms with E-state index in [4.69, 9.17) is 15.6 Å². The molecule has 0 radical (unpaired) electrons. The van der Waals surface area contributed by atoms with Gasteiger partial charge in [-0.1, -0.05) is 18.2 Å². The number of nitrogens with zero attached hydrogens (tertiary/aromatic N) is 4. The Hall–Kier alpha value is -3.99. The number of nitriles is 1. The van der Waals surface area contributed by atoms with Crippen LogP contribution >= 0.6 is 0 Å². The number of hydrogen-bond acceptors (Lipinski definition) is 6. The first-order chi connectivity index (χ1) is 14.0. The van der Waals surface area contributed by atoms with E-state index in [0.29, 0.717) is 25.1 Å². The third-order valence-corrected chi connectivity index (χ3v) is 4.82. The van der Waals surface area contributed by atoms with Crippen LogP contribution in [-0.4, -0.2) is 38.9 Å². The maximum Gasteiger partial charge on any atom is 0.290 e. The van der Waals surface area contributed by atoms with E-state index < -0.39 is 0 Å². The van der Waals surface area contributed by atoms with Crippen LogP contribution in [0.2, 0.25) is 0 Å². The topological polar surface area (TPSA) is 133 Å². The maximum absolute atomic E-state index is 11.9. The number of amides is 1. The van der Waals surface area contributed by atoms with Crippen LogP contribution in [0.3, 0.4) is 0 Å².